The van der Waals surface area contributed by atoms with E-state index in [9.17, 15) is 4.79 Å². The minimum atomic E-state index is -1.87. The fourth-order valence-corrected chi connectivity index (χ4v) is 3.29. The quantitative estimate of drug-likeness (QED) is 0.521. The van der Waals surface area contributed by atoms with Gasteiger partial charge in [-0.1, -0.05) is 41.0 Å². The summed E-state index contributed by atoms with van der Waals surface area (Å²) in [7, 11) is -1.87. The van der Waals surface area contributed by atoms with Crippen molar-refractivity contribution in [2.75, 3.05) is 0 Å². The normalized spacial score (nSPS) is 18.6. The first-order valence-electron chi connectivity index (χ1n) is 6.64. The van der Waals surface area contributed by atoms with Gasteiger partial charge < -0.3 is 9.22 Å². The van der Waals surface area contributed by atoms with E-state index in [0.717, 1.165) is 19.1 Å². The van der Waals surface area contributed by atoms with Crippen molar-refractivity contribution in [3.8, 4) is 0 Å². The maximum atomic E-state index is 11.4. The highest BCUT2D eigenvalue weighted by molar-refractivity contribution is 6.74. The van der Waals surface area contributed by atoms with E-state index in [2.05, 4.69) is 47.7 Å². The highest BCUT2D eigenvalue weighted by Crippen LogP contribution is 2.40. The molecule has 0 fully saturated rings. The van der Waals surface area contributed by atoms with Crippen LogP contribution in [0, 0.1) is 5.92 Å². The molecule has 0 unspecified atom stereocenters. The summed E-state index contributed by atoms with van der Waals surface area (Å²) in [5, 5.41) is 0.146. The van der Waals surface area contributed by atoms with Gasteiger partial charge in [0.1, 0.15) is 11.9 Å². The first-order valence-corrected chi connectivity index (χ1v) is 9.55. The Morgan fingerprint density at radius 2 is 1.71 bits per heavy atom. The first kappa shape index (κ1) is 16.8. The number of carbonyl (C=O) groups excluding carboxylic acids is 1. The van der Waals surface area contributed by atoms with Gasteiger partial charge in [0.15, 0.2) is 8.32 Å². The molecule has 3 heteroatoms. The van der Waals surface area contributed by atoms with Crippen LogP contribution in [0.5, 0.6) is 0 Å². The molecule has 0 aliphatic rings. The molecule has 0 N–H and O–H groups in total. The van der Waals surface area contributed by atoms with Gasteiger partial charge in [-0.2, -0.15) is 0 Å². The molecule has 0 amide bonds. The summed E-state index contributed by atoms with van der Waals surface area (Å²) in [6, 6.07) is 0. The molecule has 2 atom stereocenters. The summed E-state index contributed by atoms with van der Waals surface area (Å²) in [5.41, 5.74) is -0.613. The van der Waals surface area contributed by atoms with Gasteiger partial charge in [0.05, 0.1) is 0 Å². The lowest BCUT2D eigenvalue weighted by Crippen LogP contribution is -2.49. The lowest BCUT2D eigenvalue weighted by Gasteiger charge is -2.42. The summed E-state index contributed by atoms with van der Waals surface area (Å²) in [6.45, 7) is 17.3. The summed E-state index contributed by atoms with van der Waals surface area (Å²) in [5.74, 6) is 0.523. The zero-order valence-electron chi connectivity index (χ0n) is 12.9. The molecule has 0 bridgehead atoms. The monoisotopic (exact) mass is 258 g/mol. The number of aldehydes is 1. The topological polar surface area (TPSA) is 26.3 Å². The van der Waals surface area contributed by atoms with Crippen LogP contribution in [0.4, 0.5) is 0 Å². The van der Waals surface area contributed by atoms with Crippen molar-refractivity contribution >= 4 is 14.6 Å². The first-order chi connectivity index (χ1) is 7.47. The van der Waals surface area contributed by atoms with E-state index in [1.165, 1.54) is 0 Å². The highest BCUT2D eigenvalue weighted by Gasteiger charge is 2.43. The predicted molar refractivity (Wildman–Crippen MR) is 76.8 cm³/mol. The Balaban J connectivity index is 4.86. The van der Waals surface area contributed by atoms with Crippen molar-refractivity contribution in [2.24, 2.45) is 5.92 Å². The van der Waals surface area contributed by atoms with Crippen LogP contribution in [0.2, 0.25) is 18.1 Å². The van der Waals surface area contributed by atoms with Gasteiger partial charge in [-0.3, -0.25) is 0 Å². The van der Waals surface area contributed by atoms with Gasteiger partial charge in [-0.05, 0) is 37.4 Å². The zero-order valence-corrected chi connectivity index (χ0v) is 13.9. The van der Waals surface area contributed by atoms with Crippen LogP contribution in [0.15, 0.2) is 0 Å². The minimum Gasteiger partial charge on any atom is -0.405 e. The van der Waals surface area contributed by atoms with Gasteiger partial charge in [0, 0.05) is 0 Å². The Hall–Kier alpha value is -0.153. The van der Waals surface area contributed by atoms with Crippen molar-refractivity contribution in [1.82, 2.24) is 0 Å². The zero-order chi connectivity index (χ0) is 13.9. The Bertz CT molecular complexity index is 255. The summed E-state index contributed by atoms with van der Waals surface area (Å²) >= 11 is 0. The average molecular weight is 258 g/mol. The molecule has 0 spiro atoms. The van der Waals surface area contributed by atoms with Crippen LogP contribution in [0.25, 0.3) is 0 Å². The minimum absolute atomic E-state index is 0.146. The van der Waals surface area contributed by atoms with Gasteiger partial charge in [0.2, 0.25) is 0 Å². The second-order valence-corrected chi connectivity index (χ2v) is 11.7. The molecule has 0 saturated carbocycles. The van der Waals surface area contributed by atoms with Crippen molar-refractivity contribution in [1.29, 1.82) is 0 Å². The fraction of sp³-hybridized carbons (Fsp3) is 0.929. The SMILES string of the molecule is CC[C@H](C)C[C@](C)(C=O)O[Si](C)(C)C(C)(C)C. The van der Waals surface area contributed by atoms with E-state index in [1.807, 2.05) is 6.92 Å². The van der Waals surface area contributed by atoms with Crippen molar-refractivity contribution in [3.63, 3.8) is 0 Å². The molecule has 0 aliphatic heterocycles. The summed E-state index contributed by atoms with van der Waals surface area (Å²) in [6.07, 6.45) is 2.91. The Morgan fingerprint density at radius 1 is 1.24 bits per heavy atom. The lowest BCUT2D eigenvalue weighted by molar-refractivity contribution is -0.122. The lowest BCUT2D eigenvalue weighted by atomic mass is 9.93. The van der Waals surface area contributed by atoms with Gasteiger partial charge in [-0.15, -0.1) is 0 Å². The molecule has 17 heavy (non-hydrogen) atoms. The Morgan fingerprint density at radius 3 is 2.00 bits per heavy atom. The van der Waals surface area contributed by atoms with Crippen molar-refractivity contribution in [2.45, 2.75) is 78.1 Å². The van der Waals surface area contributed by atoms with Gasteiger partial charge in [-0.25, -0.2) is 0 Å². The van der Waals surface area contributed by atoms with Crippen LogP contribution in [-0.2, 0) is 9.22 Å². The molecular weight excluding hydrogens is 228 g/mol. The smallest absolute Gasteiger partial charge is 0.193 e. The largest absolute Gasteiger partial charge is 0.405 e. The van der Waals surface area contributed by atoms with Gasteiger partial charge >= 0.3 is 0 Å². The van der Waals surface area contributed by atoms with Crippen LogP contribution < -0.4 is 0 Å². The predicted octanol–water partition coefficient (Wildman–Crippen LogP) is 4.40. The Kier molecular flexibility index (Phi) is 5.61. The third-order valence-electron chi connectivity index (χ3n) is 3.99. The maximum absolute atomic E-state index is 11.4. The molecule has 0 radical (unpaired) electrons. The number of rotatable bonds is 6. The van der Waals surface area contributed by atoms with E-state index >= 15 is 0 Å². The number of carbonyl (C=O) groups is 1. The van der Waals surface area contributed by atoms with E-state index in [1.54, 1.807) is 0 Å². The molecular formula is C14H30O2Si. The van der Waals surface area contributed by atoms with Crippen LogP contribution in [0.3, 0.4) is 0 Å². The molecule has 2 nitrogen and oxygen atoms in total. The third-order valence-corrected chi connectivity index (χ3v) is 8.58. The van der Waals surface area contributed by atoms with Crippen molar-refractivity contribution < 1.29 is 9.22 Å². The second kappa shape index (κ2) is 5.66. The molecule has 0 saturated heterocycles. The molecule has 0 heterocycles. The standard InChI is InChI=1S/C14H30O2Si/c1-9-12(2)10-14(6,11-15)16-17(7,8)13(3,4)5/h11-12H,9-10H2,1-8H3/t12-,14+/m0/s1. The van der Waals surface area contributed by atoms with E-state index in [0.29, 0.717) is 5.92 Å². The van der Waals surface area contributed by atoms with Crippen molar-refractivity contribution in [3.05, 3.63) is 0 Å². The molecule has 0 aromatic rings. The van der Waals surface area contributed by atoms with Crippen LogP contribution >= 0.6 is 0 Å². The maximum Gasteiger partial charge on any atom is 0.193 e. The number of hydrogen-bond acceptors (Lipinski definition) is 2. The molecule has 0 aromatic carbocycles. The summed E-state index contributed by atoms with van der Waals surface area (Å²) < 4.78 is 6.28. The number of hydrogen-bond donors (Lipinski definition) is 0. The molecule has 0 aliphatic carbocycles. The van der Waals surface area contributed by atoms with E-state index in [4.69, 9.17) is 4.43 Å². The molecule has 0 aromatic heterocycles. The van der Waals surface area contributed by atoms with E-state index in [-0.39, 0.29) is 5.04 Å². The molecule has 0 rings (SSSR count). The highest BCUT2D eigenvalue weighted by atomic mass is 28.4. The summed E-state index contributed by atoms with van der Waals surface area (Å²) in [4.78, 5) is 11.4. The van der Waals surface area contributed by atoms with E-state index < -0.39 is 13.9 Å². The van der Waals surface area contributed by atoms with Gasteiger partial charge in [0.25, 0.3) is 0 Å². The third kappa shape index (κ3) is 4.92. The second-order valence-electron chi connectivity index (χ2n) is 7.01. The van der Waals surface area contributed by atoms with Crippen LogP contribution in [-0.4, -0.2) is 20.2 Å². The van der Waals surface area contributed by atoms with Crippen LogP contribution in [0.1, 0.15) is 54.4 Å². The molecule has 102 valence electrons. The fourth-order valence-electron chi connectivity index (χ4n) is 1.69. The average Bonchev–Trinajstić information content (AvgIpc) is 2.14. The Labute approximate surface area is 108 Å².